The Morgan fingerprint density at radius 1 is 1.16 bits per heavy atom. The van der Waals surface area contributed by atoms with Crippen LogP contribution in [0.3, 0.4) is 0 Å². The Labute approximate surface area is 116 Å². The third-order valence-electron chi connectivity index (χ3n) is 6.45. The number of rotatable bonds is 3. The topological polar surface area (TPSA) is 41.1 Å². The second-order valence-electron chi connectivity index (χ2n) is 8.08. The Bertz CT molecular complexity index is 388. The van der Waals surface area contributed by atoms with Crippen LogP contribution in [0.5, 0.6) is 0 Å². The largest absolute Gasteiger partial charge is 0.351 e. The number of nitrogens with one attached hydrogen (secondary N) is 2. The molecule has 108 valence electrons. The predicted octanol–water partition coefficient (Wildman–Crippen LogP) is 2.46. The van der Waals surface area contributed by atoms with E-state index in [4.69, 9.17) is 0 Å². The maximum Gasteiger partial charge on any atom is 0.217 e. The maximum absolute atomic E-state index is 11.6. The minimum atomic E-state index is 0.101. The van der Waals surface area contributed by atoms with Crippen molar-refractivity contribution < 1.29 is 4.79 Å². The minimum absolute atomic E-state index is 0.101. The Morgan fingerprint density at radius 2 is 1.74 bits per heavy atom. The van der Waals surface area contributed by atoms with Gasteiger partial charge in [0.15, 0.2) is 0 Å². The molecule has 0 aromatic heterocycles. The van der Waals surface area contributed by atoms with E-state index < -0.39 is 0 Å². The van der Waals surface area contributed by atoms with Crippen molar-refractivity contribution in [2.24, 2.45) is 17.3 Å². The van der Waals surface area contributed by atoms with E-state index in [1.165, 1.54) is 38.5 Å². The molecule has 4 saturated carbocycles. The molecule has 0 radical (unpaired) electrons. The van der Waals surface area contributed by atoms with Crippen LogP contribution in [-0.2, 0) is 4.79 Å². The molecule has 4 bridgehead atoms. The lowest BCUT2D eigenvalue weighted by Gasteiger charge is -2.66. The van der Waals surface area contributed by atoms with Crippen molar-refractivity contribution >= 4 is 5.91 Å². The highest BCUT2D eigenvalue weighted by molar-refractivity contribution is 5.74. The highest BCUT2D eigenvalue weighted by Crippen LogP contribution is 2.64. The lowest BCUT2D eigenvalue weighted by molar-refractivity contribution is -0.138. The lowest BCUT2D eigenvalue weighted by Crippen LogP contribution is -2.69. The Morgan fingerprint density at radius 3 is 2.21 bits per heavy atom. The monoisotopic (exact) mass is 264 g/mol. The molecule has 0 aromatic carbocycles. The quantitative estimate of drug-likeness (QED) is 0.822. The van der Waals surface area contributed by atoms with Crippen LogP contribution in [0.2, 0.25) is 0 Å². The smallest absolute Gasteiger partial charge is 0.217 e. The summed E-state index contributed by atoms with van der Waals surface area (Å²) in [5.74, 6) is 1.79. The standard InChI is InChI=1S/C16H28N2O/c1-11(19)18-16-8-12-5-13(9-16)7-15(6-12,10-16)14(2,3)17-4/h12-13,17H,5-10H2,1-4H3,(H,18,19). The molecule has 3 heteroatoms. The van der Waals surface area contributed by atoms with Crippen LogP contribution >= 0.6 is 0 Å². The molecular formula is C16H28N2O. The Kier molecular flexibility index (Phi) is 2.80. The summed E-state index contributed by atoms with van der Waals surface area (Å²) in [5, 5.41) is 6.90. The molecule has 4 rings (SSSR count). The van der Waals surface area contributed by atoms with Crippen LogP contribution in [-0.4, -0.2) is 24.0 Å². The molecule has 0 spiro atoms. The molecule has 2 N–H and O–H groups in total. The van der Waals surface area contributed by atoms with Gasteiger partial charge in [-0.3, -0.25) is 4.79 Å². The number of carbonyl (C=O) groups is 1. The van der Waals surface area contributed by atoms with Gasteiger partial charge >= 0.3 is 0 Å². The van der Waals surface area contributed by atoms with Crippen molar-refractivity contribution in [2.45, 2.75) is 70.4 Å². The third-order valence-corrected chi connectivity index (χ3v) is 6.45. The van der Waals surface area contributed by atoms with Gasteiger partial charge in [-0.2, -0.15) is 0 Å². The van der Waals surface area contributed by atoms with Gasteiger partial charge in [-0.05, 0) is 76.7 Å². The van der Waals surface area contributed by atoms with Crippen LogP contribution in [0.25, 0.3) is 0 Å². The van der Waals surface area contributed by atoms with E-state index in [2.05, 4.69) is 31.5 Å². The predicted molar refractivity (Wildman–Crippen MR) is 76.8 cm³/mol. The molecule has 0 aliphatic heterocycles. The van der Waals surface area contributed by atoms with Crippen LogP contribution in [0.15, 0.2) is 0 Å². The summed E-state index contributed by atoms with van der Waals surface area (Å²) in [5.41, 5.74) is 0.632. The summed E-state index contributed by atoms with van der Waals surface area (Å²) in [7, 11) is 2.09. The summed E-state index contributed by atoms with van der Waals surface area (Å²) >= 11 is 0. The molecule has 2 unspecified atom stereocenters. The summed E-state index contributed by atoms with van der Waals surface area (Å²) in [4.78, 5) is 11.6. The molecule has 0 saturated heterocycles. The van der Waals surface area contributed by atoms with Crippen molar-refractivity contribution in [1.29, 1.82) is 0 Å². The van der Waals surface area contributed by atoms with Crippen LogP contribution in [0, 0.1) is 17.3 Å². The van der Waals surface area contributed by atoms with Crippen LogP contribution < -0.4 is 10.6 Å². The minimum Gasteiger partial charge on any atom is -0.351 e. The van der Waals surface area contributed by atoms with Gasteiger partial charge in [0.05, 0.1) is 0 Å². The molecule has 1 amide bonds. The number of hydrogen-bond acceptors (Lipinski definition) is 2. The average Bonchev–Trinajstić information content (AvgIpc) is 2.24. The zero-order valence-corrected chi connectivity index (χ0v) is 12.8. The van der Waals surface area contributed by atoms with Crippen molar-refractivity contribution in [3.05, 3.63) is 0 Å². The molecule has 0 heterocycles. The summed E-state index contributed by atoms with van der Waals surface area (Å²) < 4.78 is 0. The van der Waals surface area contributed by atoms with Gasteiger partial charge in [-0.1, -0.05) is 0 Å². The second kappa shape index (κ2) is 3.97. The van der Waals surface area contributed by atoms with Crippen molar-refractivity contribution in [3.63, 3.8) is 0 Å². The highest BCUT2D eigenvalue weighted by Gasteiger charge is 2.62. The van der Waals surface area contributed by atoms with Crippen molar-refractivity contribution in [2.75, 3.05) is 7.05 Å². The zero-order valence-electron chi connectivity index (χ0n) is 12.8. The van der Waals surface area contributed by atoms with E-state index in [0.29, 0.717) is 5.41 Å². The summed E-state index contributed by atoms with van der Waals surface area (Å²) in [6.45, 7) is 6.37. The van der Waals surface area contributed by atoms with Gasteiger partial charge in [0.1, 0.15) is 0 Å². The fourth-order valence-corrected chi connectivity index (χ4v) is 5.78. The number of carbonyl (C=O) groups excluding carboxylic acids is 1. The fraction of sp³-hybridized carbons (Fsp3) is 0.938. The van der Waals surface area contributed by atoms with Gasteiger partial charge in [-0.25, -0.2) is 0 Å². The van der Waals surface area contributed by atoms with Crippen molar-refractivity contribution in [3.8, 4) is 0 Å². The first-order valence-electron chi connectivity index (χ1n) is 7.77. The molecule has 4 aliphatic carbocycles. The van der Waals surface area contributed by atoms with Gasteiger partial charge in [0.2, 0.25) is 5.91 Å². The molecule has 3 nitrogen and oxygen atoms in total. The molecule has 0 aromatic rings. The Hall–Kier alpha value is -0.570. The summed E-state index contributed by atoms with van der Waals surface area (Å²) in [6.07, 6.45) is 7.68. The lowest BCUT2D eigenvalue weighted by atomic mass is 9.43. The Balaban J connectivity index is 1.95. The normalized spacial score (nSPS) is 44.4. The first-order valence-corrected chi connectivity index (χ1v) is 7.77. The van der Waals surface area contributed by atoms with E-state index in [-0.39, 0.29) is 17.0 Å². The average molecular weight is 264 g/mol. The fourth-order valence-electron chi connectivity index (χ4n) is 5.78. The third kappa shape index (κ3) is 1.93. The van der Waals surface area contributed by atoms with Crippen LogP contribution in [0.4, 0.5) is 0 Å². The van der Waals surface area contributed by atoms with Gasteiger partial charge in [0, 0.05) is 18.0 Å². The first kappa shape index (κ1) is 13.4. The highest BCUT2D eigenvalue weighted by atomic mass is 16.1. The molecule has 4 fully saturated rings. The first-order chi connectivity index (χ1) is 8.80. The van der Waals surface area contributed by atoms with Gasteiger partial charge in [0.25, 0.3) is 0 Å². The second-order valence-corrected chi connectivity index (χ2v) is 8.08. The zero-order chi connectivity index (χ0) is 13.9. The molecule has 2 atom stereocenters. The number of amides is 1. The SMILES string of the molecule is CNC(C)(C)C12CC3CC(CC(NC(C)=O)(C3)C1)C2. The van der Waals surface area contributed by atoms with E-state index in [9.17, 15) is 4.79 Å². The van der Waals surface area contributed by atoms with E-state index >= 15 is 0 Å². The molecular weight excluding hydrogens is 236 g/mol. The van der Waals surface area contributed by atoms with Crippen molar-refractivity contribution in [1.82, 2.24) is 10.6 Å². The number of hydrogen-bond donors (Lipinski definition) is 2. The molecule has 4 aliphatic rings. The van der Waals surface area contributed by atoms with E-state index in [1.807, 2.05) is 0 Å². The van der Waals surface area contributed by atoms with Crippen LogP contribution in [0.1, 0.15) is 59.3 Å². The van der Waals surface area contributed by atoms with Gasteiger partial charge in [-0.15, -0.1) is 0 Å². The molecule has 19 heavy (non-hydrogen) atoms. The van der Waals surface area contributed by atoms with E-state index in [0.717, 1.165) is 11.8 Å². The summed E-state index contributed by atoms with van der Waals surface area (Å²) in [6, 6.07) is 0. The maximum atomic E-state index is 11.6. The van der Waals surface area contributed by atoms with E-state index in [1.54, 1.807) is 6.92 Å². The van der Waals surface area contributed by atoms with Gasteiger partial charge < -0.3 is 10.6 Å².